The van der Waals surface area contributed by atoms with E-state index in [0.717, 1.165) is 10.9 Å². The van der Waals surface area contributed by atoms with Gasteiger partial charge in [0.15, 0.2) is 0 Å². The summed E-state index contributed by atoms with van der Waals surface area (Å²) in [5, 5.41) is 3.66. The van der Waals surface area contributed by atoms with Gasteiger partial charge in [0.1, 0.15) is 11.5 Å². The Hall–Kier alpha value is -3.22. The van der Waals surface area contributed by atoms with Crippen molar-refractivity contribution in [3.8, 4) is 11.5 Å². The van der Waals surface area contributed by atoms with Crippen LogP contribution in [0.4, 0.5) is 8.78 Å². The maximum absolute atomic E-state index is 12.8. The second-order valence-electron chi connectivity index (χ2n) is 6.33. The molecule has 3 rings (SSSR count). The van der Waals surface area contributed by atoms with Gasteiger partial charge in [-0.1, -0.05) is 12.1 Å². The van der Waals surface area contributed by atoms with Gasteiger partial charge in [-0.15, -0.1) is 0 Å². The summed E-state index contributed by atoms with van der Waals surface area (Å²) in [4.78, 5) is 17.3. The molecule has 7 heteroatoms. The molecule has 0 spiro atoms. The Morgan fingerprint density at radius 3 is 2.61 bits per heavy atom. The molecule has 0 saturated heterocycles. The number of pyridine rings is 1. The van der Waals surface area contributed by atoms with E-state index >= 15 is 0 Å². The number of nitrogens with zero attached hydrogens (tertiary/aromatic N) is 1. The Morgan fingerprint density at radius 1 is 1.11 bits per heavy atom. The van der Waals surface area contributed by atoms with Gasteiger partial charge in [-0.05, 0) is 55.8 Å². The second kappa shape index (κ2) is 8.21. The van der Waals surface area contributed by atoms with Gasteiger partial charge in [-0.2, -0.15) is 8.78 Å². The lowest BCUT2D eigenvalue weighted by molar-refractivity contribution is -0.0499. The fourth-order valence-corrected chi connectivity index (χ4v) is 2.93. The Labute approximate surface area is 161 Å². The molecule has 3 aromatic rings. The summed E-state index contributed by atoms with van der Waals surface area (Å²) in [5.74, 6) is 0.417. The van der Waals surface area contributed by atoms with E-state index in [1.54, 1.807) is 39.2 Å². The lowest BCUT2D eigenvalue weighted by Crippen LogP contribution is -2.27. The van der Waals surface area contributed by atoms with E-state index in [2.05, 4.69) is 15.0 Å². The number of fused-ring (bicyclic) bond motifs is 1. The quantitative estimate of drug-likeness (QED) is 0.670. The number of methoxy groups -OCH3 is 1. The Kier molecular flexibility index (Phi) is 5.73. The summed E-state index contributed by atoms with van der Waals surface area (Å²) in [6, 6.07) is 13.1. The molecule has 1 amide bonds. The summed E-state index contributed by atoms with van der Waals surface area (Å²) in [6.07, 6.45) is 0. The van der Waals surface area contributed by atoms with Gasteiger partial charge in [0, 0.05) is 5.39 Å². The molecule has 1 N–H and O–H groups in total. The molecule has 0 radical (unpaired) electrons. The van der Waals surface area contributed by atoms with Gasteiger partial charge in [0.05, 0.1) is 29.9 Å². The minimum absolute atomic E-state index is 0.0456. The molecule has 0 aliphatic rings. The minimum Gasteiger partial charge on any atom is -0.497 e. The zero-order valence-corrected chi connectivity index (χ0v) is 15.7. The fourth-order valence-electron chi connectivity index (χ4n) is 2.93. The predicted molar refractivity (Wildman–Crippen MR) is 102 cm³/mol. The van der Waals surface area contributed by atoms with Crippen molar-refractivity contribution in [2.45, 2.75) is 26.5 Å². The first-order chi connectivity index (χ1) is 13.4. The van der Waals surface area contributed by atoms with E-state index in [-0.39, 0.29) is 11.7 Å². The smallest absolute Gasteiger partial charge is 0.387 e. The largest absolute Gasteiger partial charge is 0.497 e. The summed E-state index contributed by atoms with van der Waals surface area (Å²) < 4.78 is 34.4. The summed E-state index contributed by atoms with van der Waals surface area (Å²) in [7, 11) is 1.57. The molecule has 5 nitrogen and oxygen atoms in total. The van der Waals surface area contributed by atoms with Crippen molar-refractivity contribution in [1.82, 2.24) is 10.3 Å². The van der Waals surface area contributed by atoms with Crippen molar-refractivity contribution < 1.29 is 23.0 Å². The molecule has 0 bridgehead atoms. The maximum Gasteiger partial charge on any atom is 0.387 e. The summed E-state index contributed by atoms with van der Waals surface area (Å²) in [5.41, 5.74) is 2.45. The molecule has 1 unspecified atom stereocenters. The normalized spacial score (nSPS) is 12.1. The number of rotatable bonds is 6. The first-order valence-electron chi connectivity index (χ1n) is 8.68. The number of halogens is 2. The highest BCUT2D eigenvalue weighted by atomic mass is 19.3. The summed E-state index contributed by atoms with van der Waals surface area (Å²) >= 11 is 0. The lowest BCUT2D eigenvalue weighted by Gasteiger charge is -2.16. The zero-order chi connectivity index (χ0) is 20.3. The van der Waals surface area contributed by atoms with Crippen molar-refractivity contribution in [3.63, 3.8) is 0 Å². The number of hydrogen-bond acceptors (Lipinski definition) is 4. The van der Waals surface area contributed by atoms with Crippen LogP contribution in [-0.4, -0.2) is 24.6 Å². The first kappa shape index (κ1) is 19.5. The van der Waals surface area contributed by atoms with Crippen LogP contribution in [-0.2, 0) is 0 Å². The number of hydrogen-bond donors (Lipinski definition) is 1. The molecule has 0 aliphatic heterocycles. The van der Waals surface area contributed by atoms with Gasteiger partial charge in [-0.3, -0.25) is 9.78 Å². The van der Waals surface area contributed by atoms with Crippen LogP contribution >= 0.6 is 0 Å². The van der Waals surface area contributed by atoms with Crippen LogP contribution < -0.4 is 14.8 Å². The van der Waals surface area contributed by atoms with Crippen LogP contribution in [0, 0.1) is 6.92 Å². The lowest BCUT2D eigenvalue weighted by atomic mass is 10.1. The first-order valence-corrected chi connectivity index (χ1v) is 8.68. The predicted octanol–water partition coefficient (Wildman–Crippen LogP) is 4.64. The number of carbonyl (C=O) groups is 1. The third-order valence-electron chi connectivity index (χ3n) is 4.39. The SMILES string of the molecule is COc1ccc2nc(C)c(C(=O)NC(C)c3cccc(OC(F)F)c3)cc2c1. The van der Waals surface area contributed by atoms with E-state index < -0.39 is 12.7 Å². The van der Waals surface area contributed by atoms with Crippen LogP contribution in [0.2, 0.25) is 0 Å². The molecule has 1 heterocycles. The molecule has 146 valence electrons. The van der Waals surface area contributed by atoms with E-state index in [9.17, 15) is 13.6 Å². The Bertz CT molecular complexity index is 1010. The van der Waals surface area contributed by atoms with Crippen molar-refractivity contribution in [2.24, 2.45) is 0 Å². The number of amides is 1. The highest BCUT2D eigenvalue weighted by Crippen LogP contribution is 2.24. The Morgan fingerprint density at radius 2 is 1.89 bits per heavy atom. The molecule has 1 atom stereocenters. The van der Waals surface area contributed by atoms with Crippen molar-refractivity contribution in [1.29, 1.82) is 0 Å². The average Bonchev–Trinajstić information content (AvgIpc) is 2.66. The van der Waals surface area contributed by atoms with Crippen molar-refractivity contribution in [2.75, 3.05) is 7.11 Å². The Balaban J connectivity index is 1.83. The average molecular weight is 386 g/mol. The van der Waals surface area contributed by atoms with E-state index in [4.69, 9.17) is 4.74 Å². The fraction of sp³-hybridized carbons (Fsp3) is 0.238. The third-order valence-corrected chi connectivity index (χ3v) is 4.39. The number of carbonyl (C=O) groups excluding carboxylic acids is 1. The molecule has 1 aromatic heterocycles. The van der Waals surface area contributed by atoms with Crippen LogP contribution in [0.3, 0.4) is 0 Å². The molecular formula is C21H20F2N2O3. The maximum atomic E-state index is 12.8. The third kappa shape index (κ3) is 4.36. The second-order valence-corrected chi connectivity index (χ2v) is 6.33. The molecule has 28 heavy (non-hydrogen) atoms. The van der Waals surface area contributed by atoms with Crippen LogP contribution in [0.1, 0.15) is 34.6 Å². The van der Waals surface area contributed by atoms with Gasteiger partial charge in [0.2, 0.25) is 0 Å². The van der Waals surface area contributed by atoms with Gasteiger partial charge < -0.3 is 14.8 Å². The topological polar surface area (TPSA) is 60.5 Å². The van der Waals surface area contributed by atoms with E-state index in [1.807, 2.05) is 18.2 Å². The zero-order valence-electron chi connectivity index (χ0n) is 15.7. The standard InChI is InChI=1S/C21H20F2N2O3/c1-12(14-5-4-6-17(9-14)28-21(22)23)25-20(26)18-11-15-10-16(27-3)7-8-19(15)24-13(18)2/h4-12,21H,1-3H3,(H,25,26). The molecule has 0 fully saturated rings. The van der Waals surface area contributed by atoms with Crippen LogP contribution in [0.25, 0.3) is 10.9 Å². The number of aromatic nitrogens is 1. The van der Waals surface area contributed by atoms with Crippen LogP contribution in [0.15, 0.2) is 48.5 Å². The highest BCUT2D eigenvalue weighted by molar-refractivity contribution is 5.99. The monoisotopic (exact) mass is 386 g/mol. The van der Waals surface area contributed by atoms with Crippen molar-refractivity contribution >= 4 is 16.8 Å². The highest BCUT2D eigenvalue weighted by Gasteiger charge is 2.16. The van der Waals surface area contributed by atoms with E-state index in [0.29, 0.717) is 22.6 Å². The number of ether oxygens (including phenoxy) is 2. The molecule has 0 saturated carbocycles. The van der Waals surface area contributed by atoms with Gasteiger partial charge in [0.25, 0.3) is 5.91 Å². The van der Waals surface area contributed by atoms with E-state index in [1.165, 1.54) is 12.1 Å². The number of nitrogens with one attached hydrogen (secondary N) is 1. The van der Waals surface area contributed by atoms with Gasteiger partial charge in [-0.25, -0.2) is 0 Å². The molecule has 2 aromatic carbocycles. The number of alkyl halides is 2. The number of benzene rings is 2. The molecule has 0 aliphatic carbocycles. The number of aryl methyl sites for hydroxylation is 1. The van der Waals surface area contributed by atoms with Crippen LogP contribution in [0.5, 0.6) is 11.5 Å². The van der Waals surface area contributed by atoms with Crippen molar-refractivity contribution in [3.05, 3.63) is 65.4 Å². The van der Waals surface area contributed by atoms with Gasteiger partial charge >= 0.3 is 6.61 Å². The minimum atomic E-state index is -2.90. The molecular weight excluding hydrogens is 366 g/mol. The summed E-state index contributed by atoms with van der Waals surface area (Å²) in [6.45, 7) is 0.635.